The average molecular weight is 582 g/mol. The fraction of sp³-hybridized carbons (Fsp3) is 0.588. The summed E-state index contributed by atoms with van der Waals surface area (Å²) in [6.07, 6.45) is 1.50. The summed E-state index contributed by atoms with van der Waals surface area (Å²) in [6.45, 7) is 15.3. The van der Waals surface area contributed by atoms with Crippen LogP contribution >= 0.6 is 0 Å². The van der Waals surface area contributed by atoms with Crippen molar-refractivity contribution in [2.45, 2.75) is 97.4 Å². The second-order valence-electron chi connectivity index (χ2n) is 14.0. The molecule has 2 amide bonds. The molecule has 3 atom stereocenters. The lowest BCUT2D eigenvalue weighted by atomic mass is 9.75. The highest BCUT2D eigenvalue weighted by atomic mass is 19.1. The zero-order valence-electron chi connectivity index (χ0n) is 26.2. The number of rotatable bonds is 5. The van der Waals surface area contributed by atoms with Gasteiger partial charge in [0.2, 0.25) is 0 Å². The Kier molecular flexibility index (Phi) is 9.55. The summed E-state index contributed by atoms with van der Waals surface area (Å²) < 4.78 is 20.6. The maximum Gasteiger partial charge on any atom is 0.410 e. The number of anilines is 1. The van der Waals surface area contributed by atoms with E-state index in [4.69, 9.17) is 4.74 Å². The molecule has 0 aliphatic carbocycles. The summed E-state index contributed by atoms with van der Waals surface area (Å²) >= 11 is 0. The molecular formula is C34H48FN3O4. The molecule has 0 spiro atoms. The first-order valence-corrected chi connectivity index (χ1v) is 15.2. The molecule has 230 valence electrons. The first-order valence-electron chi connectivity index (χ1n) is 15.2. The molecule has 7 nitrogen and oxygen atoms in total. The normalized spacial score (nSPS) is 21.2. The third kappa shape index (κ3) is 7.44. The van der Waals surface area contributed by atoms with Crippen molar-refractivity contribution in [1.82, 2.24) is 9.80 Å². The van der Waals surface area contributed by atoms with E-state index in [1.54, 1.807) is 28.9 Å². The van der Waals surface area contributed by atoms with Crippen molar-refractivity contribution in [2.24, 2.45) is 11.8 Å². The second kappa shape index (κ2) is 12.6. The maximum atomic E-state index is 15.0. The van der Waals surface area contributed by atoms with Gasteiger partial charge in [0, 0.05) is 37.3 Å². The van der Waals surface area contributed by atoms with Crippen LogP contribution in [0.25, 0.3) is 0 Å². The van der Waals surface area contributed by atoms with Gasteiger partial charge in [0.1, 0.15) is 17.6 Å². The number of amides is 2. The number of hydrogen-bond acceptors (Lipinski definition) is 5. The zero-order valence-corrected chi connectivity index (χ0v) is 26.2. The van der Waals surface area contributed by atoms with Gasteiger partial charge in [-0.3, -0.25) is 4.79 Å². The quantitative estimate of drug-likeness (QED) is 0.383. The molecule has 4 rings (SSSR count). The van der Waals surface area contributed by atoms with Crippen molar-refractivity contribution in [3.8, 4) is 0 Å². The van der Waals surface area contributed by atoms with E-state index >= 15 is 4.39 Å². The number of nitrogens with zero attached hydrogens (tertiary/aromatic N) is 2. The Bertz CT molecular complexity index is 1240. The van der Waals surface area contributed by atoms with Crippen LogP contribution in [0, 0.1) is 24.6 Å². The number of carbonyl (C=O) groups is 2. The summed E-state index contributed by atoms with van der Waals surface area (Å²) in [4.78, 5) is 30.3. The number of halogens is 1. The summed E-state index contributed by atoms with van der Waals surface area (Å²) in [6, 6.07) is 12.4. The van der Waals surface area contributed by atoms with E-state index in [0.717, 1.165) is 17.7 Å². The molecule has 2 fully saturated rings. The number of hydrogen-bond donors (Lipinski definition) is 2. The number of likely N-dealkylation sites (tertiary alicyclic amines) is 2. The lowest BCUT2D eigenvalue weighted by Gasteiger charge is -2.49. The molecule has 2 N–H and O–H groups in total. The number of piperidine rings is 2. The molecule has 2 aliphatic heterocycles. The summed E-state index contributed by atoms with van der Waals surface area (Å²) in [5.74, 6) is -1.11. The molecular weight excluding hydrogens is 533 g/mol. The van der Waals surface area contributed by atoms with Gasteiger partial charge in [-0.25, -0.2) is 9.18 Å². The fourth-order valence-corrected chi connectivity index (χ4v) is 6.38. The molecule has 0 radical (unpaired) electrons. The van der Waals surface area contributed by atoms with Crippen LogP contribution < -0.4 is 5.32 Å². The Morgan fingerprint density at radius 2 is 1.67 bits per heavy atom. The molecule has 0 bridgehead atoms. The maximum absolute atomic E-state index is 15.0. The third-order valence-corrected chi connectivity index (χ3v) is 8.55. The zero-order chi connectivity index (χ0) is 30.8. The highest BCUT2D eigenvalue weighted by molar-refractivity contribution is 5.96. The first-order chi connectivity index (χ1) is 19.7. The summed E-state index contributed by atoms with van der Waals surface area (Å²) in [5.41, 5.74) is 2.04. The first kappa shape index (κ1) is 31.8. The standard InChI is InChI=1S/C34H48FN3O4/c1-22-11-8-15-27(35)28(22)31(40)38-18-10-14-26(30(39)36-25-13-9-12-24(21-25)33(2,3)4)29(38)23-16-19-37(20-17-23)32(41)42-34(5,6)7/h8-9,11-13,15,21,23,26,29-30,36,39H,10,14,16-20H2,1-7H3. The van der Waals surface area contributed by atoms with Crippen LogP contribution in [0.3, 0.4) is 0 Å². The monoisotopic (exact) mass is 581 g/mol. The highest BCUT2D eigenvalue weighted by Gasteiger charge is 2.44. The molecule has 42 heavy (non-hydrogen) atoms. The Hall–Kier alpha value is -3.13. The lowest BCUT2D eigenvalue weighted by molar-refractivity contribution is -0.0220. The number of aliphatic hydroxyl groups excluding tert-OH is 1. The number of aryl methyl sites for hydroxylation is 1. The van der Waals surface area contributed by atoms with Gasteiger partial charge in [-0.15, -0.1) is 0 Å². The molecule has 2 saturated heterocycles. The lowest BCUT2D eigenvalue weighted by Crippen LogP contribution is -2.58. The Morgan fingerprint density at radius 1 is 1.00 bits per heavy atom. The van der Waals surface area contributed by atoms with E-state index in [-0.39, 0.29) is 40.9 Å². The van der Waals surface area contributed by atoms with Crippen LogP contribution in [-0.4, -0.2) is 64.4 Å². The van der Waals surface area contributed by atoms with Gasteiger partial charge in [0.25, 0.3) is 5.91 Å². The number of carbonyl (C=O) groups excluding carboxylic acids is 2. The minimum absolute atomic E-state index is 0.0300. The molecule has 3 unspecified atom stereocenters. The van der Waals surface area contributed by atoms with Gasteiger partial charge in [0.15, 0.2) is 0 Å². The van der Waals surface area contributed by atoms with Gasteiger partial charge >= 0.3 is 6.09 Å². The summed E-state index contributed by atoms with van der Waals surface area (Å²) in [5, 5.41) is 15.0. The third-order valence-electron chi connectivity index (χ3n) is 8.55. The molecule has 2 aromatic carbocycles. The van der Waals surface area contributed by atoms with E-state index in [0.29, 0.717) is 44.5 Å². The van der Waals surface area contributed by atoms with Crippen LogP contribution in [0.15, 0.2) is 42.5 Å². The predicted octanol–water partition coefficient (Wildman–Crippen LogP) is 6.73. The van der Waals surface area contributed by atoms with E-state index in [1.807, 2.05) is 32.9 Å². The van der Waals surface area contributed by atoms with Crippen LogP contribution in [0.4, 0.5) is 14.9 Å². The van der Waals surface area contributed by atoms with Crippen molar-refractivity contribution >= 4 is 17.7 Å². The van der Waals surface area contributed by atoms with Gasteiger partial charge in [0.05, 0.1) is 5.56 Å². The smallest absolute Gasteiger partial charge is 0.410 e. The van der Waals surface area contributed by atoms with Crippen molar-refractivity contribution < 1.29 is 23.8 Å². The van der Waals surface area contributed by atoms with Crippen molar-refractivity contribution in [3.05, 3.63) is 65.0 Å². The Balaban J connectivity index is 1.61. The van der Waals surface area contributed by atoms with Crippen LogP contribution in [0.1, 0.15) is 88.7 Å². The topological polar surface area (TPSA) is 82.1 Å². The van der Waals surface area contributed by atoms with Crippen molar-refractivity contribution in [2.75, 3.05) is 25.0 Å². The highest BCUT2D eigenvalue weighted by Crippen LogP contribution is 2.38. The van der Waals surface area contributed by atoms with Gasteiger partial charge in [-0.2, -0.15) is 0 Å². The molecule has 0 saturated carbocycles. The fourth-order valence-electron chi connectivity index (χ4n) is 6.38. The Labute approximate surface area is 250 Å². The minimum Gasteiger partial charge on any atom is -0.444 e. The van der Waals surface area contributed by atoms with Crippen LogP contribution in [-0.2, 0) is 10.2 Å². The van der Waals surface area contributed by atoms with E-state index in [1.165, 1.54) is 6.07 Å². The minimum atomic E-state index is -0.911. The predicted molar refractivity (Wildman–Crippen MR) is 164 cm³/mol. The van der Waals surface area contributed by atoms with E-state index in [9.17, 15) is 14.7 Å². The van der Waals surface area contributed by atoms with Crippen LogP contribution in [0.5, 0.6) is 0 Å². The van der Waals surface area contributed by atoms with Gasteiger partial charge in [-0.05, 0) is 94.0 Å². The van der Waals surface area contributed by atoms with Crippen molar-refractivity contribution in [3.63, 3.8) is 0 Å². The number of nitrogens with one attached hydrogen (secondary N) is 1. The molecule has 2 heterocycles. The number of aliphatic hydroxyl groups is 1. The molecule has 2 aromatic rings. The van der Waals surface area contributed by atoms with Crippen LogP contribution in [0.2, 0.25) is 0 Å². The Morgan fingerprint density at radius 3 is 2.29 bits per heavy atom. The average Bonchev–Trinajstić information content (AvgIpc) is 2.91. The van der Waals surface area contributed by atoms with E-state index < -0.39 is 17.6 Å². The van der Waals surface area contributed by atoms with Gasteiger partial charge in [-0.1, -0.05) is 45.0 Å². The number of ether oxygens (including phenoxy) is 1. The molecule has 0 aromatic heterocycles. The largest absolute Gasteiger partial charge is 0.444 e. The van der Waals surface area contributed by atoms with Gasteiger partial charge < -0.3 is 25.0 Å². The molecule has 2 aliphatic rings. The number of benzene rings is 2. The van der Waals surface area contributed by atoms with Crippen molar-refractivity contribution in [1.29, 1.82) is 0 Å². The molecule has 8 heteroatoms. The second-order valence-corrected chi connectivity index (χ2v) is 14.0. The van der Waals surface area contributed by atoms with E-state index in [2.05, 4.69) is 38.2 Å². The SMILES string of the molecule is Cc1cccc(F)c1C(=O)N1CCCC(C(O)Nc2cccc(C(C)(C)C)c2)C1C1CCN(C(=O)OC(C)(C)C)CC1. The summed E-state index contributed by atoms with van der Waals surface area (Å²) in [7, 11) is 0.